The number of aromatic nitrogens is 2. The smallest absolute Gasteiger partial charge is 0.401 e. The number of carboxylic acids is 1. The second kappa shape index (κ2) is 13.8. The van der Waals surface area contributed by atoms with Gasteiger partial charge in [0.05, 0.1) is 26.8 Å². The summed E-state index contributed by atoms with van der Waals surface area (Å²) in [7, 11) is 1.45. The number of aliphatic carboxylic acids is 1. The van der Waals surface area contributed by atoms with E-state index in [0.29, 0.717) is 29.2 Å². The summed E-state index contributed by atoms with van der Waals surface area (Å²) in [4.78, 5) is 20.5. The van der Waals surface area contributed by atoms with Crippen LogP contribution < -0.4 is 15.8 Å². The number of nitrogens with zero attached hydrogens (tertiary/aromatic N) is 3. The minimum absolute atomic E-state index is 0.0872. The zero-order valence-electron chi connectivity index (χ0n) is 21.2. The topological polar surface area (TPSA) is 134 Å². The van der Waals surface area contributed by atoms with Crippen molar-refractivity contribution in [3.8, 4) is 5.75 Å². The van der Waals surface area contributed by atoms with Crippen LogP contribution in [0, 0.1) is 6.92 Å². The number of benzene rings is 1. The van der Waals surface area contributed by atoms with E-state index in [4.69, 9.17) is 20.7 Å². The van der Waals surface area contributed by atoms with Crippen molar-refractivity contribution in [3.05, 3.63) is 52.7 Å². The van der Waals surface area contributed by atoms with Crippen molar-refractivity contribution < 1.29 is 32.9 Å². The number of ether oxygens (including phenoxy) is 1. The zero-order valence-corrected chi connectivity index (χ0v) is 21.2. The molecule has 2 rings (SSSR count). The SMILES string of the molecule is CCCC(/C=C/CO)Nc1nc(N)nc(C)c1Cc1ccc(CN(CC(=O)O)CC(F)(F)F)cc1OC. The van der Waals surface area contributed by atoms with Gasteiger partial charge in [-0.05, 0) is 30.5 Å². The zero-order chi connectivity index (χ0) is 27.6. The third-order valence-corrected chi connectivity index (χ3v) is 5.51. The number of nitrogen functional groups attached to an aromatic ring is 1. The van der Waals surface area contributed by atoms with E-state index in [1.165, 1.54) is 7.11 Å². The normalized spacial score (nSPS) is 12.8. The summed E-state index contributed by atoms with van der Waals surface area (Å²) in [6, 6.07) is 4.89. The molecule has 9 nitrogen and oxygen atoms in total. The Labute approximate surface area is 214 Å². The first kappa shape index (κ1) is 29.8. The number of aliphatic hydroxyl groups excluding tert-OH is 1. The average molecular weight is 526 g/mol. The maximum Gasteiger partial charge on any atom is 0.401 e. The Kier molecular flexibility index (Phi) is 11.1. The molecule has 5 N–H and O–H groups in total. The molecule has 12 heteroatoms. The van der Waals surface area contributed by atoms with Crippen molar-refractivity contribution in [1.82, 2.24) is 14.9 Å². The summed E-state index contributed by atoms with van der Waals surface area (Å²) in [6.45, 7) is 1.46. The Morgan fingerprint density at radius 2 is 2.05 bits per heavy atom. The van der Waals surface area contributed by atoms with Crippen LogP contribution in [0.1, 0.15) is 42.1 Å². The molecule has 0 aliphatic carbocycles. The number of hydrogen-bond acceptors (Lipinski definition) is 8. The van der Waals surface area contributed by atoms with Crippen molar-refractivity contribution in [2.24, 2.45) is 0 Å². The molecule has 0 aliphatic heterocycles. The first-order valence-electron chi connectivity index (χ1n) is 11.8. The highest BCUT2D eigenvalue weighted by Gasteiger charge is 2.31. The third-order valence-electron chi connectivity index (χ3n) is 5.51. The molecule has 0 bridgehead atoms. The first-order valence-corrected chi connectivity index (χ1v) is 11.8. The van der Waals surface area contributed by atoms with E-state index >= 15 is 0 Å². The maximum absolute atomic E-state index is 12.9. The number of hydrogen-bond donors (Lipinski definition) is 4. The van der Waals surface area contributed by atoms with Crippen LogP contribution in [0.5, 0.6) is 5.75 Å². The van der Waals surface area contributed by atoms with E-state index < -0.39 is 25.2 Å². The number of aryl methyl sites for hydroxylation is 1. The number of nitrogens with two attached hydrogens (primary N) is 1. The van der Waals surface area contributed by atoms with E-state index in [9.17, 15) is 18.0 Å². The fraction of sp³-hybridized carbons (Fsp3) is 0.480. The van der Waals surface area contributed by atoms with Gasteiger partial charge in [-0.15, -0.1) is 0 Å². The lowest BCUT2D eigenvalue weighted by molar-refractivity contribution is -0.154. The van der Waals surface area contributed by atoms with Gasteiger partial charge in [0.25, 0.3) is 0 Å². The number of nitrogens with one attached hydrogen (secondary N) is 1. The predicted molar refractivity (Wildman–Crippen MR) is 134 cm³/mol. The van der Waals surface area contributed by atoms with Crippen LogP contribution in [0.25, 0.3) is 0 Å². The molecular weight excluding hydrogens is 491 g/mol. The molecule has 0 spiro atoms. The van der Waals surface area contributed by atoms with Gasteiger partial charge < -0.3 is 26.0 Å². The minimum atomic E-state index is -4.53. The Balaban J connectivity index is 2.36. The number of carboxylic acid groups (broad SMARTS) is 1. The summed E-state index contributed by atoms with van der Waals surface area (Å²) < 4.78 is 44.3. The molecule has 0 saturated carbocycles. The molecular formula is C25H34F3N5O4. The Morgan fingerprint density at radius 1 is 1.32 bits per heavy atom. The van der Waals surface area contributed by atoms with Crippen molar-refractivity contribution in [2.75, 3.05) is 37.9 Å². The van der Waals surface area contributed by atoms with Gasteiger partial charge in [0.1, 0.15) is 11.6 Å². The number of methoxy groups -OCH3 is 1. The highest BCUT2D eigenvalue weighted by atomic mass is 19.4. The molecule has 0 aliphatic rings. The van der Waals surface area contributed by atoms with Crippen LogP contribution in [-0.4, -0.2) is 70.1 Å². The number of halogens is 3. The van der Waals surface area contributed by atoms with Gasteiger partial charge in [-0.2, -0.15) is 18.2 Å². The van der Waals surface area contributed by atoms with E-state index in [0.717, 1.165) is 28.9 Å². The average Bonchev–Trinajstić information content (AvgIpc) is 2.78. The monoisotopic (exact) mass is 525 g/mol. The predicted octanol–water partition coefficient (Wildman–Crippen LogP) is 3.54. The molecule has 204 valence electrons. The minimum Gasteiger partial charge on any atom is -0.496 e. The highest BCUT2D eigenvalue weighted by molar-refractivity contribution is 5.69. The standard InChI is InChI=1S/C25H34F3N5O4/c1-4-6-19(7-5-10-34)31-23-20(16(2)30-24(29)32-23)12-18-9-8-17(11-21(18)37-3)13-33(14-22(35)36)15-25(26,27)28/h5,7-9,11,19,34H,4,6,10,12-15H2,1-3H3,(H,35,36)(H3,29,30,31,32)/b7-5+. The van der Waals surface area contributed by atoms with Gasteiger partial charge >= 0.3 is 12.1 Å². The molecule has 0 radical (unpaired) electrons. The molecule has 0 amide bonds. The van der Waals surface area contributed by atoms with Crippen LogP contribution >= 0.6 is 0 Å². The van der Waals surface area contributed by atoms with E-state index in [-0.39, 0.29) is 25.1 Å². The molecule has 0 fully saturated rings. The number of alkyl halides is 3. The van der Waals surface area contributed by atoms with Crippen molar-refractivity contribution >= 4 is 17.7 Å². The van der Waals surface area contributed by atoms with Gasteiger partial charge in [-0.1, -0.05) is 37.6 Å². The van der Waals surface area contributed by atoms with Crippen molar-refractivity contribution in [2.45, 2.75) is 51.9 Å². The number of anilines is 2. The summed E-state index contributed by atoms with van der Waals surface area (Å²) in [6.07, 6.45) is 1.02. The van der Waals surface area contributed by atoms with Gasteiger partial charge in [0.2, 0.25) is 5.95 Å². The molecule has 1 aromatic carbocycles. The van der Waals surface area contributed by atoms with Gasteiger partial charge in [0.15, 0.2) is 0 Å². The fourth-order valence-electron chi connectivity index (χ4n) is 3.97. The van der Waals surface area contributed by atoms with Crippen molar-refractivity contribution in [3.63, 3.8) is 0 Å². The Hall–Kier alpha value is -3.38. The quantitative estimate of drug-likeness (QED) is 0.273. The van der Waals surface area contributed by atoms with Crippen LogP contribution in [-0.2, 0) is 17.8 Å². The Bertz CT molecular complexity index is 1080. The van der Waals surface area contributed by atoms with E-state index in [1.807, 2.05) is 13.0 Å². The van der Waals surface area contributed by atoms with Crippen LogP contribution in [0.15, 0.2) is 30.4 Å². The van der Waals surface area contributed by atoms with E-state index in [2.05, 4.69) is 15.3 Å². The van der Waals surface area contributed by atoms with Crippen LogP contribution in [0.3, 0.4) is 0 Å². The summed E-state index contributed by atoms with van der Waals surface area (Å²) in [5.41, 5.74) is 8.54. The van der Waals surface area contributed by atoms with Gasteiger partial charge in [-0.3, -0.25) is 9.69 Å². The van der Waals surface area contributed by atoms with Crippen LogP contribution in [0.4, 0.5) is 24.9 Å². The largest absolute Gasteiger partial charge is 0.496 e. The Morgan fingerprint density at radius 3 is 2.65 bits per heavy atom. The van der Waals surface area contributed by atoms with Gasteiger partial charge in [0, 0.05) is 30.3 Å². The molecule has 0 saturated heterocycles. The second-order valence-corrected chi connectivity index (χ2v) is 8.62. The summed E-state index contributed by atoms with van der Waals surface area (Å²) >= 11 is 0. The molecule has 2 aromatic rings. The third kappa shape index (κ3) is 9.89. The number of aliphatic hydroxyl groups is 1. The highest BCUT2D eigenvalue weighted by Crippen LogP contribution is 2.29. The lowest BCUT2D eigenvalue weighted by atomic mass is 10.0. The summed E-state index contributed by atoms with van der Waals surface area (Å²) in [5, 5.41) is 21.5. The molecule has 37 heavy (non-hydrogen) atoms. The maximum atomic E-state index is 12.9. The van der Waals surface area contributed by atoms with E-state index in [1.54, 1.807) is 31.2 Å². The molecule has 1 aromatic heterocycles. The lowest BCUT2D eigenvalue weighted by Crippen LogP contribution is -2.37. The second-order valence-electron chi connectivity index (χ2n) is 8.62. The van der Waals surface area contributed by atoms with Gasteiger partial charge in [-0.25, -0.2) is 4.98 Å². The molecule has 1 atom stereocenters. The fourth-order valence-corrected chi connectivity index (χ4v) is 3.97. The molecule has 1 heterocycles. The summed E-state index contributed by atoms with van der Waals surface area (Å²) in [5.74, 6) is -0.264. The van der Waals surface area contributed by atoms with Crippen LogP contribution in [0.2, 0.25) is 0 Å². The number of rotatable bonds is 14. The first-order chi connectivity index (χ1) is 17.4. The van der Waals surface area contributed by atoms with Crippen molar-refractivity contribution in [1.29, 1.82) is 0 Å². The molecule has 1 unspecified atom stereocenters. The lowest BCUT2D eigenvalue weighted by Gasteiger charge is -2.22. The number of carbonyl (C=O) groups is 1.